The Morgan fingerprint density at radius 3 is 1.39 bits per heavy atom. The normalized spacial score (nSPS) is 26.2. The number of nitrogens with zero attached hydrogens (tertiary/aromatic N) is 2. The number of rotatable bonds is 22. The fourth-order valence-electron chi connectivity index (χ4n) is 15.8. The molecule has 2 unspecified atom stereocenters. The molecule has 8 fully saturated rings. The summed E-state index contributed by atoms with van der Waals surface area (Å²) in [5.74, 6) is -3.76. The summed E-state index contributed by atoms with van der Waals surface area (Å²) in [5.41, 5.74) is 4.69. The second-order valence-corrected chi connectivity index (χ2v) is 31.5. The maximum absolute atomic E-state index is 14.4. The van der Waals surface area contributed by atoms with Gasteiger partial charge < -0.3 is 57.0 Å². The lowest BCUT2D eigenvalue weighted by Crippen LogP contribution is -2.63. The van der Waals surface area contributed by atoms with Crippen LogP contribution in [0.3, 0.4) is 0 Å². The molecule has 2 aliphatic heterocycles. The van der Waals surface area contributed by atoms with Crippen molar-refractivity contribution in [3.63, 3.8) is 0 Å². The number of ketones is 3. The van der Waals surface area contributed by atoms with E-state index in [1.807, 2.05) is 53.7 Å². The number of phenolic OH excluding ortho intramolecular Hbond substituents is 1. The second-order valence-electron chi connectivity index (χ2n) is 31.5. The third-order valence-corrected chi connectivity index (χ3v) is 21.6. The predicted molar refractivity (Wildman–Crippen MR) is 337 cm³/mol. The molecular weight excluding hydrogens is 1150 g/mol. The van der Waals surface area contributed by atoms with Gasteiger partial charge in [-0.15, -0.1) is 0 Å². The number of benzene rings is 1. The number of aromatic hydroxyl groups is 1. The SMILES string of the molecule is CC(=O)C(=O)C(CC1CC1)NC(=O)[C@@H]1[C@@H]2[C@H](CN1C(=O)[C@@H](NC(=O)NC1(Cc3ccoc3)CCCCC1)C(C)(C)C)C2(C)C.CC(C)(C)[C@H](NC(=O)NC1(Cc2cccc(O)c2)CCCCC1)C(=O)N1C[C@H]2[C@@H]([C@H]1C(=O)NC(CC1CC1)C(=O)C(N)=O)C2(C)C. The molecule has 0 bridgehead atoms. The summed E-state index contributed by atoms with van der Waals surface area (Å²) in [6, 6.07) is 2.83. The van der Waals surface area contributed by atoms with Crippen LogP contribution in [0, 0.1) is 57.2 Å². The molecule has 21 nitrogen and oxygen atoms in total. The molecule has 1 aromatic heterocycles. The van der Waals surface area contributed by atoms with Gasteiger partial charge in [0, 0.05) is 31.1 Å². The van der Waals surface area contributed by atoms with Crippen molar-refractivity contribution < 1.29 is 57.5 Å². The number of amides is 9. The van der Waals surface area contributed by atoms with E-state index in [2.05, 4.69) is 59.6 Å². The van der Waals surface area contributed by atoms with Crippen LogP contribution in [-0.4, -0.2) is 134 Å². The second kappa shape index (κ2) is 26.1. The minimum atomic E-state index is -1.09. The van der Waals surface area contributed by atoms with E-state index < -0.39 is 105 Å². The number of likely N-dealkylation sites (tertiary alicyclic amines) is 2. The Morgan fingerprint density at radius 2 is 1.02 bits per heavy atom. The van der Waals surface area contributed by atoms with Crippen LogP contribution in [0.5, 0.6) is 5.75 Å². The highest BCUT2D eigenvalue weighted by molar-refractivity contribution is 6.38. The lowest BCUT2D eigenvalue weighted by molar-refractivity contribution is -0.145. The van der Waals surface area contributed by atoms with Crippen molar-refractivity contribution in [1.82, 2.24) is 41.7 Å². The Kier molecular flexibility index (Phi) is 19.6. The summed E-state index contributed by atoms with van der Waals surface area (Å²) in [6.45, 7) is 21.7. The van der Waals surface area contributed by atoms with Crippen molar-refractivity contribution in [2.75, 3.05) is 13.1 Å². The molecule has 9 amide bonds. The molecule has 6 aliphatic carbocycles. The molecule has 1 aromatic carbocycles. The molecule has 2 saturated heterocycles. The first-order valence-corrected chi connectivity index (χ1v) is 33.2. The first-order valence-electron chi connectivity index (χ1n) is 33.2. The molecular formula is C69H101N9O12. The topological polar surface area (TPSA) is 309 Å². The molecule has 8 aliphatic rings. The maximum Gasteiger partial charge on any atom is 0.315 e. The molecule has 2 aromatic rings. The number of Topliss-reactive ketones (excluding diaryl/α,β-unsaturated/α-hetero) is 3. The fourth-order valence-corrected chi connectivity index (χ4v) is 15.8. The minimum absolute atomic E-state index is 0.0598. The third kappa shape index (κ3) is 15.4. The minimum Gasteiger partial charge on any atom is -0.508 e. The van der Waals surface area contributed by atoms with E-state index in [9.17, 15) is 53.1 Å². The van der Waals surface area contributed by atoms with E-state index in [-0.39, 0.29) is 58.0 Å². The van der Waals surface area contributed by atoms with Crippen molar-refractivity contribution in [2.24, 2.45) is 62.9 Å². The predicted octanol–water partition coefficient (Wildman–Crippen LogP) is 7.34. The lowest BCUT2D eigenvalue weighted by Gasteiger charge is -2.41. The van der Waals surface area contributed by atoms with Crippen LogP contribution in [0.25, 0.3) is 0 Å². The number of piperidine rings is 2. The Morgan fingerprint density at radius 1 is 0.600 bits per heavy atom. The number of hydrogen-bond donors (Lipinski definition) is 8. The Labute approximate surface area is 530 Å². The summed E-state index contributed by atoms with van der Waals surface area (Å²) in [7, 11) is 0. The number of carbonyl (C=O) groups excluding carboxylic acids is 10. The van der Waals surface area contributed by atoms with Crippen LogP contribution < -0.4 is 37.6 Å². The van der Waals surface area contributed by atoms with Crippen LogP contribution in [0.15, 0.2) is 47.3 Å². The van der Waals surface area contributed by atoms with Crippen molar-refractivity contribution >= 4 is 58.9 Å². The van der Waals surface area contributed by atoms with E-state index in [1.165, 1.54) is 6.92 Å². The molecule has 6 saturated carbocycles. The van der Waals surface area contributed by atoms with Gasteiger partial charge >= 0.3 is 12.1 Å². The van der Waals surface area contributed by atoms with Gasteiger partial charge in [0.25, 0.3) is 5.91 Å². The standard InChI is InChI=1S/C35H51N5O6.C34H50N4O6/c1-33(2,3)28(38-32(46)39-35(14-7-6-8-15-35)18-21-10-9-11-22(41)16-21)31(45)40-19-23-25(34(23,4)5)26(40)30(44)37-24(17-20-12-13-20)27(42)29(36)43;1-20(39)27(40)24(16-21-10-11-21)35-29(41)26-25-23(33(25,5)6)18-38(26)30(42)28(32(2,3)4)36-31(43)37-34(13-8-7-9-14-34)17-22-12-15-44-19-22/h9-11,16,20,23-26,28,41H,6-8,12-15,17-19H2,1-5H3,(H2,36,43)(H,37,44)(H2,38,39,46);12,15,19,21,23-26,28H,7-11,13-14,16-18H2,1-6H3,(H,35,41)(H2,36,37,43)/t2*23-,24?,25-,26-,28+/m00/s1. The van der Waals surface area contributed by atoms with E-state index in [0.29, 0.717) is 44.7 Å². The van der Waals surface area contributed by atoms with Crippen LogP contribution in [0.1, 0.15) is 190 Å². The van der Waals surface area contributed by atoms with Gasteiger partial charge in [0.05, 0.1) is 24.6 Å². The van der Waals surface area contributed by atoms with Crippen molar-refractivity contribution in [3.05, 3.63) is 54.0 Å². The first-order chi connectivity index (χ1) is 42.1. The molecule has 10 atom stereocenters. The molecule has 0 radical (unpaired) electrons. The van der Waals surface area contributed by atoms with Crippen molar-refractivity contribution in [1.29, 1.82) is 0 Å². The van der Waals surface area contributed by atoms with E-state index >= 15 is 0 Å². The molecule has 21 heteroatoms. The number of hydrogen-bond acceptors (Lipinski definition) is 12. The number of urea groups is 2. The monoisotopic (exact) mass is 1250 g/mol. The Balaban J connectivity index is 0.000000214. The van der Waals surface area contributed by atoms with Crippen molar-refractivity contribution in [3.8, 4) is 5.75 Å². The first kappa shape index (κ1) is 67.6. The highest BCUT2D eigenvalue weighted by atomic mass is 16.3. The smallest absolute Gasteiger partial charge is 0.315 e. The summed E-state index contributed by atoms with van der Waals surface area (Å²) >= 11 is 0. The maximum atomic E-state index is 14.4. The van der Waals surface area contributed by atoms with E-state index in [4.69, 9.17) is 10.2 Å². The van der Waals surface area contributed by atoms with E-state index in [0.717, 1.165) is 101 Å². The lowest BCUT2D eigenvalue weighted by atomic mass is 9.77. The molecule has 3 heterocycles. The third-order valence-electron chi connectivity index (χ3n) is 21.6. The summed E-state index contributed by atoms with van der Waals surface area (Å²) < 4.78 is 5.28. The average molecular weight is 1250 g/mol. The van der Waals surface area contributed by atoms with Crippen LogP contribution in [0.2, 0.25) is 0 Å². The Hall–Kier alpha value is -6.80. The van der Waals surface area contributed by atoms with Crippen LogP contribution in [0.4, 0.5) is 9.59 Å². The highest BCUT2D eigenvalue weighted by Gasteiger charge is 2.71. The number of carbonyl (C=O) groups is 10. The van der Waals surface area contributed by atoms with Crippen LogP contribution in [-0.2, 0) is 51.2 Å². The summed E-state index contributed by atoms with van der Waals surface area (Å²) in [4.78, 5) is 136. The van der Waals surface area contributed by atoms with Crippen molar-refractivity contribution in [2.45, 2.75) is 239 Å². The van der Waals surface area contributed by atoms with Gasteiger partial charge in [0.2, 0.25) is 35.2 Å². The van der Waals surface area contributed by atoms with E-state index in [1.54, 1.807) is 40.5 Å². The number of fused-ring (bicyclic) bond motifs is 2. The van der Waals surface area contributed by atoms with Gasteiger partial charge in [-0.3, -0.25) is 38.4 Å². The number of primary amides is 1. The average Bonchev–Trinajstić information content (AvgIpc) is 1.54. The number of furan rings is 1. The van der Waals surface area contributed by atoms with Crippen LogP contribution >= 0.6 is 0 Å². The molecule has 494 valence electrons. The molecule has 90 heavy (non-hydrogen) atoms. The van der Waals surface area contributed by atoms with Gasteiger partial charge in [0.15, 0.2) is 5.78 Å². The quantitative estimate of drug-likeness (QED) is 0.0537. The number of nitrogens with one attached hydrogen (secondary N) is 6. The van der Waals surface area contributed by atoms with Gasteiger partial charge in [-0.25, -0.2) is 9.59 Å². The highest BCUT2D eigenvalue weighted by Crippen LogP contribution is 2.66. The zero-order valence-corrected chi connectivity index (χ0v) is 55.0. The fraction of sp³-hybridized carbons (Fsp3) is 0.710. The summed E-state index contributed by atoms with van der Waals surface area (Å²) in [5, 5.41) is 28.2. The van der Waals surface area contributed by atoms with Gasteiger partial charge in [0.1, 0.15) is 29.9 Å². The largest absolute Gasteiger partial charge is 0.508 e. The summed E-state index contributed by atoms with van der Waals surface area (Å²) in [6.07, 6.45) is 18.6. The number of nitrogens with two attached hydrogens (primary N) is 1. The molecule has 10 rings (SSSR count). The van der Waals surface area contributed by atoms with Gasteiger partial charge in [-0.2, -0.15) is 0 Å². The Bertz CT molecular complexity index is 3050. The zero-order valence-electron chi connectivity index (χ0n) is 55.0. The molecule has 0 spiro atoms. The van der Waals surface area contributed by atoms with Gasteiger partial charge in [-0.05, 0) is 138 Å². The van der Waals surface area contributed by atoms with Gasteiger partial charge in [-0.1, -0.05) is 146 Å². The number of phenols is 1. The zero-order chi connectivity index (χ0) is 65.6. The molecule has 9 N–H and O–H groups in total.